The van der Waals surface area contributed by atoms with Crippen LogP contribution in [0.4, 0.5) is 0 Å². The highest BCUT2D eigenvalue weighted by Gasteiger charge is 2.29. The van der Waals surface area contributed by atoms with Gasteiger partial charge in [-0.1, -0.05) is 32.9 Å². The lowest BCUT2D eigenvalue weighted by Crippen LogP contribution is -2.22. The molecule has 0 aromatic heterocycles. The Kier molecular flexibility index (Phi) is 4.03. The van der Waals surface area contributed by atoms with Crippen LogP contribution in [0.2, 0.25) is 0 Å². The van der Waals surface area contributed by atoms with E-state index in [0.29, 0.717) is 5.56 Å². The smallest absolute Gasteiger partial charge is 0.322 e. The van der Waals surface area contributed by atoms with Gasteiger partial charge in [0.15, 0.2) is 5.92 Å². The van der Waals surface area contributed by atoms with Crippen molar-refractivity contribution in [2.24, 2.45) is 0 Å². The molecule has 0 bridgehead atoms. The van der Waals surface area contributed by atoms with Gasteiger partial charge in [-0.25, -0.2) is 0 Å². The Morgan fingerprint density at radius 2 is 1.37 bits per heavy atom. The fraction of sp³-hybridized carbons (Fsp3) is 0.467. The van der Waals surface area contributed by atoms with E-state index >= 15 is 0 Å². The molecule has 0 aliphatic carbocycles. The molecule has 4 heteroatoms. The maximum Gasteiger partial charge on any atom is 0.322 e. The zero-order valence-electron chi connectivity index (χ0n) is 11.9. The average Bonchev–Trinajstić information content (AvgIpc) is 2.11. The maximum absolute atomic E-state index is 11.1. The van der Waals surface area contributed by atoms with Crippen molar-refractivity contribution < 1.29 is 19.8 Å². The van der Waals surface area contributed by atoms with E-state index in [9.17, 15) is 9.59 Å². The summed E-state index contributed by atoms with van der Waals surface area (Å²) in [7, 11) is 0. The highest BCUT2D eigenvalue weighted by Crippen LogP contribution is 2.31. The van der Waals surface area contributed by atoms with Gasteiger partial charge in [0.05, 0.1) is 0 Å². The van der Waals surface area contributed by atoms with Gasteiger partial charge in [0.2, 0.25) is 0 Å². The Balaban J connectivity index is 3.44. The van der Waals surface area contributed by atoms with Gasteiger partial charge in [-0.2, -0.15) is 0 Å². The monoisotopic (exact) mass is 264 g/mol. The highest BCUT2D eigenvalue weighted by atomic mass is 16.4. The SMILES string of the molecule is Cc1cc(C(C(=O)O)C(=O)O)cc(C)c1C(C)(C)C. The Morgan fingerprint density at radius 3 is 1.63 bits per heavy atom. The Hall–Kier alpha value is -1.84. The summed E-state index contributed by atoms with van der Waals surface area (Å²) in [6.45, 7) is 10.0. The molecule has 1 rings (SSSR count). The summed E-state index contributed by atoms with van der Waals surface area (Å²) in [6, 6.07) is 3.33. The zero-order chi connectivity index (χ0) is 15.0. The summed E-state index contributed by atoms with van der Waals surface area (Å²) < 4.78 is 0. The normalized spacial score (nSPS) is 11.7. The van der Waals surface area contributed by atoms with Crippen LogP contribution in [0.3, 0.4) is 0 Å². The molecule has 0 aliphatic rings. The molecule has 0 amide bonds. The molecule has 104 valence electrons. The van der Waals surface area contributed by atoms with Crippen LogP contribution in [0.1, 0.15) is 48.9 Å². The largest absolute Gasteiger partial charge is 0.480 e. The van der Waals surface area contributed by atoms with Crippen LogP contribution < -0.4 is 0 Å². The van der Waals surface area contributed by atoms with Crippen molar-refractivity contribution in [3.63, 3.8) is 0 Å². The second-order valence-corrected chi connectivity index (χ2v) is 5.89. The van der Waals surface area contributed by atoms with Gasteiger partial charge in [0.25, 0.3) is 0 Å². The molecule has 0 saturated heterocycles. The van der Waals surface area contributed by atoms with E-state index in [1.165, 1.54) is 0 Å². The van der Waals surface area contributed by atoms with Crippen molar-refractivity contribution in [2.75, 3.05) is 0 Å². The van der Waals surface area contributed by atoms with Crippen molar-refractivity contribution in [3.05, 3.63) is 34.4 Å². The summed E-state index contributed by atoms with van der Waals surface area (Å²) in [5.74, 6) is -4.18. The minimum absolute atomic E-state index is 0.0609. The molecule has 0 aliphatic heterocycles. The summed E-state index contributed by atoms with van der Waals surface area (Å²) in [5, 5.41) is 18.1. The molecule has 0 radical (unpaired) electrons. The third-order valence-electron chi connectivity index (χ3n) is 3.13. The Labute approximate surface area is 113 Å². The van der Waals surface area contributed by atoms with Crippen LogP contribution in [0, 0.1) is 13.8 Å². The Morgan fingerprint density at radius 1 is 1.00 bits per heavy atom. The second-order valence-electron chi connectivity index (χ2n) is 5.89. The number of carboxylic acids is 2. The van der Waals surface area contributed by atoms with Crippen molar-refractivity contribution in [3.8, 4) is 0 Å². The number of carbonyl (C=O) groups is 2. The van der Waals surface area contributed by atoms with Crippen molar-refractivity contribution in [1.29, 1.82) is 0 Å². The molecule has 2 N–H and O–H groups in total. The van der Waals surface area contributed by atoms with Crippen LogP contribution in [-0.2, 0) is 15.0 Å². The number of aliphatic carboxylic acids is 2. The third kappa shape index (κ3) is 3.13. The van der Waals surface area contributed by atoms with Gasteiger partial charge in [0, 0.05) is 0 Å². The minimum Gasteiger partial charge on any atom is -0.480 e. The van der Waals surface area contributed by atoms with Gasteiger partial charge in [-0.05, 0) is 41.5 Å². The Bertz CT molecular complexity index is 486. The number of hydrogen-bond acceptors (Lipinski definition) is 2. The summed E-state index contributed by atoms with van der Waals surface area (Å²) >= 11 is 0. The number of benzene rings is 1. The molecule has 4 nitrogen and oxygen atoms in total. The average molecular weight is 264 g/mol. The first-order valence-electron chi connectivity index (χ1n) is 6.13. The van der Waals surface area contributed by atoms with Crippen molar-refractivity contribution in [2.45, 2.75) is 46.0 Å². The molecule has 0 fully saturated rings. The standard InChI is InChI=1S/C15H20O4/c1-8-6-10(11(13(16)17)14(18)19)7-9(2)12(8)15(3,4)5/h6-7,11H,1-5H3,(H,16,17)(H,18,19). The predicted molar refractivity (Wildman–Crippen MR) is 72.6 cm³/mol. The summed E-state index contributed by atoms with van der Waals surface area (Å²) in [5.41, 5.74) is 3.24. The first kappa shape index (κ1) is 15.2. The lowest BCUT2D eigenvalue weighted by Gasteiger charge is -2.25. The fourth-order valence-electron chi connectivity index (χ4n) is 2.74. The third-order valence-corrected chi connectivity index (χ3v) is 3.13. The van der Waals surface area contributed by atoms with E-state index in [-0.39, 0.29) is 5.41 Å². The summed E-state index contributed by atoms with van der Waals surface area (Å²) in [4.78, 5) is 22.1. The quantitative estimate of drug-likeness (QED) is 0.823. The fourth-order valence-corrected chi connectivity index (χ4v) is 2.74. The van der Waals surface area contributed by atoms with Crippen molar-refractivity contribution in [1.82, 2.24) is 0 Å². The van der Waals surface area contributed by atoms with Crippen LogP contribution in [0.15, 0.2) is 12.1 Å². The molecule has 0 saturated carbocycles. The number of rotatable bonds is 3. The molecule has 0 unspecified atom stereocenters. The molecule has 0 heterocycles. The lowest BCUT2D eigenvalue weighted by atomic mass is 9.79. The van der Waals surface area contributed by atoms with Gasteiger partial charge >= 0.3 is 11.9 Å². The molecule has 0 atom stereocenters. The van der Waals surface area contributed by atoms with Gasteiger partial charge < -0.3 is 10.2 Å². The van der Waals surface area contributed by atoms with Crippen LogP contribution in [0.5, 0.6) is 0 Å². The first-order chi connectivity index (χ1) is 8.55. The topological polar surface area (TPSA) is 74.6 Å². The van der Waals surface area contributed by atoms with Crippen LogP contribution >= 0.6 is 0 Å². The van der Waals surface area contributed by atoms with Gasteiger partial charge in [-0.3, -0.25) is 9.59 Å². The van der Waals surface area contributed by atoms with Gasteiger partial charge in [-0.15, -0.1) is 0 Å². The zero-order valence-corrected chi connectivity index (χ0v) is 11.9. The molecule has 19 heavy (non-hydrogen) atoms. The van der Waals surface area contributed by atoms with Crippen LogP contribution in [-0.4, -0.2) is 22.2 Å². The molecule has 1 aromatic carbocycles. The van der Waals surface area contributed by atoms with E-state index in [2.05, 4.69) is 20.8 Å². The lowest BCUT2D eigenvalue weighted by molar-refractivity contribution is -0.150. The number of carboxylic acid groups (broad SMARTS) is 2. The van der Waals surface area contributed by atoms with Gasteiger partial charge in [0.1, 0.15) is 0 Å². The molecular weight excluding hydrogens is 244 g/mol. The van der Waals surface area contributed by atoms with Crippen molar-refractivity contribution >= 4 is 11.9 Å². The molecular formula is C15H20O4. The maximum atomic E-state index is 11.1. The van der Waals surface area contributed by atoms with E-state index in [1.54, 1.807) is 12.1 Å². The van der Waals surface area contributed by atoms with E-state index in [0.717, 1.165) is 16.7 Å². The van der Waals surface area contributed by atoms with E-state index in [1.807, 2.05) is 13.8 Å². The summed E-state index contributed by atoms with van der Waals surface area (Å²) in [6.07, 6.45) is 0. The number of aryl methyl sites for hydroxylation is 2. The predicted octanol–water partition coefficient (Wildman–Crippen LogP) is 2.85. The van der Waals surface area contributed by atoms with E-state index < -0.39 is 17.9 Å². The highest BCUT2D eigenvalue weighted by molar-refractivity contribution is 5.99. The van der Waals surface area contributed by atoms with Crippen LogP contribution in [0.25, 0.3) is 0 Å². The molecule has 0 spiro atoms. The van der Waals surface area contributed by atoms with E-state index in [4.69, 9.17) is 10.2 Å². The molecule has 1 aromatic rings. The second kappa shape index (κ2) is 5.03. The number of hydrogen-bond donors (Lipinski definition) is 2. The minimum atomic E-state index is -1.51. The first-order valence-corrected chi connectivity index (χ1v) is 6.13.